The van der Waals surface area contributed by atoms with Crippen LogP contribution in [0.3, 0.4) is 0 Å². The molecule has 1 heterocycles. The summed E-state index contributed by atoms with van der Waals surface area (Å²) in [6.07, 6.45) is 1.01. The summed E-state index contributed by atoms with van der Waals surface area (Å²) in [4.78, 5) is 15.5. The molecule has 0 fully saturated rings. The number of benzene rings is 1. The molecule has 0 saturated heterocycles. The molecule has 3 heteroatoms. The zero-order chi connectivity index (χ0) is 13.7. The molecular weight excluding hydrogens is 254 g/mol. The van der Waals surface area contributed by atoms with E-state index in [9.17, 15) is 4.79 Å². The first kappa shape index (κ1) is 14.0. The Morgan fingerprint density at radius 3 is 2.58 bits per heavy atom. The van der Waals surface area contributed by atoms with Crippen molar-refractivity contribution in [2.24, 2.45) is 0 Å². The summed E-state index contributed by atoms with van der Waals surface area (Å²) in [5.41, 5.74) is 1.98. The maximum absolute atomic E-state index is 12.1. The van der Waals surface area contributed by atoms with Gasteiger partial charge in [0.15, 0.2) is 5.78 Å². The lowest BCUT2D eigenvalue weighted by Gasteiger charge is -2.15. The van der Waals surface area contributed by atoms with Crippen molar-refractivity contribution < 1.29 is 4.79 Å². The van der Waals surface area contributed by atoms with E-state index in [0.717, 1.165) is 18.5 Å². The fourth-order valence-electron chi connectivity index (χ4n) is 1.91. The van der Waals surface area contributed by atoms with Crippen molar-refractivity contribution in [2.45, 2.75) is 13.3 Å². The van der Waals surface area contributed by atoms with Crippen molar-refractivity contribution >= 4 is 17.1 Å². The average Bonchev–Trinajstić information content (AvgIpc) is 2.90. The molecule has 0 bridgehead atoms. The topological polar surface area (TPSA) is 20.3 Å². The van der Waals surface area contributed by atoms with E-state index in [0.29, 0.717) is 6.54 Å². The van der Waals surface area contributed by atoms with Crippen LogP contribution >= 0.6 is 11.3 Å². The molecule has 0 amide bonds. The second-order valence-corrected chi connectivity index (χ2v) is 5.89. The second-order valence-electron chi connectivity index (χ2n) is 4.86. The third-order valence-corrected chi connectivity index (χ3v) is 4.04. The Balaban J connectivity index is 1.83. The molecule has 0 aliphatic carbocycles. The summed E-state index contributed by atoms with van der Waals surface area (Å²) in [6, 6.07) is 12.0. The monoisotopic (exact) mass is 273 g/mol. The number of hydrogen-bond donors (Lipinski definition) is 0. The van der Waals surface area contributed by atoms with Crippen LogP contribution in [0, 0.1) is 6.92 Å². The summed E-state index contributed by atoms with van der Waals surface area (Å²) in [6.45, 7) is 3.42. The molecule has 0 saturated carbocycles. The zero-order valence-corrected chi connectivity index (χ0v) is 12.2. The highest BCUT2D eigenvalue weighted by atomic mass is 32.1. The van der Waals surface area contributed by atoms with Crippen LogP contribution in [0.1, 0.15) is 20.8 Å². The third kappa shape index (κ3) is 4.30. The number of carbonyl (C=O) groups is 1. The number of likely N-dealkylation sites (N-methyl/N-ethyl adjacent to an activating group) is 1. The standard InChI is InChI=1S/C16H19NOS/c1-13-5-7-14(8-6-13)16(18)12-17(2)10-9-15-4-3-11-19-15/h3-8,11H,9-10,12H2,1-2H3. The molecule has 0 spiro atoms. The van der Waals surface area contributed by atoms with Gasteiger partial charge in [-0.05, 0) is 31.8 Å². The van der Waals surface area contributed by atoms with Gasteiger partial charge in [-0.15, -0.1) is 11.3 Å². The number of ketones is 1. The van der Waals surface area contributed by atoms with E-state index in [1.807, 2.05) is 38.2 Å². The summed E-state index contributed by atoms with van der Waals surface area (Å²) < 4.78 is 0. The molecule has 2 rings (SSSR count). The van der Waals surface area contributed by atoms with Gasteiger partial charge in [-0.3, -0.25) is 9.69 Å². The lowest BCUT2D eigenvalue weighted by Crippen LogP contribution is -2.27. The minimum Gasteiger partial charge on any atom is -0.299 e. The molecule has 1 aromatic heterocycles. The molecule has 0 unspecified atom stereocenters. The fraction of sp³-hybridized carbons (Fsp3) is 0.312. The summed E-state index contributed by atoms with van der Waals surface area (Å²) in [5, 5.41) is 2.09. The SMILES string of the molecule is Cc1ccc(C(=O)CN(C)CCc2cccs2)cc1. The van der Waals surface area contributed by atoms with Gasteiger partial charge in [0.2, 0.25) is 0 Å². The van der Waals surface area contributed by atoms with Crippen molar-refractivity contribution in [3.8, 4) is 0 Å². The first-order chi connectivity index (χ1) is 9.15. The maximum atomic E-state index is 12.1. The molecule has 1 aromatic carbocycles. The van der Waals surface area contributed by atoms with Crippen LogP contribution in [0.5, 0.6) is 0 Å². The van der Waals surface area contributed by atoms with E-state index in [1.54, 1.807) is 11.3 Å². The average molecular weight is 273 g/mol. The van der Waals surface area contributed by atoms with Gasteiger partial charge in [0.1, 0.15) is 0 Å². The fourth-order valence-corrected chi connectivity index (χ4v) is 2.61. The van der Waals surface area contributed by atoms with E-state index in [4.69, 9.17) is 0 Å². The van der Waals surface area contributed by atoms with Crippen molar-refractivity contribution in [3.63, 3.8) is 0 Å². The Morgan fingerprint density at radius 1 is 1.21 bits per heavy atom. The summed E-state index contributed by atoms with van der Waals surface area (Å²) in [5.74, 6) is 0.189. The van der Waals surface area contributed by atoms with Gasteiger partial charge in [0.25, 0.3) is 0 Å². The number of thiophene rings is 1. The number of aryl methyl sites for hydroxylation is 1. The van der Waals surface area contributed by atoms with E-state index < -0.39 is 0 Å². The van der Waals surface area contributed by atoms with Gasteiger partial charge >= 0.3 is 0 Å². The van der Waals surface area contributed by atoms with Crippen molar-refractivity contribution in [1.29, 1.82) is 0 Å². The number of Topliss-reactive ketones (excluding diaryl/α,β-unsaturated/α-hetero) is 1. The molecule has 0 N–H and O–H groups in total. The minimum absolute atomic E-state index is 0.189. The van der Waals surface area contributed by atoms with Crippen LogP contribution in [0.2, 0.25) is 0 Å². The third-order valence-electron chi connectivity index (χ3n) is 3.11. The first-order valence-corrected chi connectivity index (χ1v) is 7.34. The highest BCUT2D eigenvalue weighted by Gasteiger charge is 2.09. The van der Waals surface area contributed by atoms with Crippen LogP contribution in [0.15, 0.2) is 41.8 Å². The Bertz CT molecular complexity index is 516. The van der Waals surface area contributed by atoms with E-state index in [2.05, 4.69) is 22.4 Å². The van der Waals surface area contributed by atoms with Crippen LogP contribution in [0.4, 0.5) is 0 Å². The largest absolute Gasteiger partial charge is 0.299 e. The molecule has 0 aliphatic heterocycles. The van der Waals surface area contributed by atoms with Crippen molar-refractivity contribution in [2.75, 3.05) is 20.1 Å². The van der Waals surface area contributed by atoms with Gasteiger partial charge in [-0.1, -0.05) is 35.9 Å². The van der Waals surface area contributed by atoms with Gasteiger partial charge in [0, 0.05) is 17.0 Å². The second kappa shape index (κ2) is 6.64. The lowest BCUT2D eigenvalue weighted by atomic mass is 10.1. The molecule has 2 nitrogen and oxygen atoms in total. The van der Waals surface area contributed by atoms with E-state index in [1.165, 1.54) is 10.4 Å². The highest BCUT2D eigenvalue weighted by molar-refractivity contribution is 7.09. The molecule has 19 heavy (non-hydrogen) atoms. The number of rotatable bonds is 6. The maximum Gasteiger partial charge on any atom is 0.176 e. The Hall–Kier alpha value is -1.45. The molecule has 100 valence electrons. The quantitative estimate of drug-likeness (QED) is 0.752. The molecule has 0 aliphatic rings. The molecule has 2 aromatic rings. The number of hydrogen-bond acceptors (Lipinski definition) is 3. The summed E-state index contributed by atoms with van der Waals surface area (Å²) >= 11 is 1.77. The smallest absolute Gasteiger partial charge is 0.176 e. The van der Waals surface area contributed by atoms with Crippen LogP contribution in [-0.4, -0.2) is 30.8 Å². The van der Waals surface area contributed by atoms with Gasteiger partial charge in [-0.2, -0.15) is 0 Å². The number of nitrogens with zero attached hydrogens (tertiary/aromatic N) is 1. The normalized spacial score (nSPS) is 10.9. The van der Waals surface area contributed by atoms with Crippen LogP contribution in [0.25, 0.3) is 0 Å². The Labute approximate surface area is 118 Å². The van der Waals surface area contributed by atoms with Crippen molar-refractivity contribution in [3.05, 3.63) is 57.8 Å². The van der Waals surface area contributed by atoms with Crippen LogP contribution < -0.4 is 0 Å². The molecule has 0 radical (unpaired) electrons. The van der Waals surface area contributed by atoms with E-state index in [-0.39, 0.29) is 5.78 Å². The molecule has 0 atom stereocenters. The van der Waals surface area contributed by atoms with Crippen LogP contribution in [-0.2, 0) is 6.42 Å². The highest BCUT2D eigenvalue weighted by Crippen LogP contribution is 2.10. The van der Waals surface area contributed by atoms with Gasteiger partial charge < -0.3 is 0 Å². The van der Waals surface area contributed by atoms with Crippen molar-refractivity contribution in [1.82, 2.24) is 4.90 Å². The molecular formula is C16H19NOS. The zero-order valence-electron chi connectivity index (χ0n) is 11.4. The van der Waals surface area contributed by atoms with E-state index >= 15 is 0 Å². The lowest BCUT2D eigenvalue weighted by molar-refractivity contribution is 0.0947. The minimum atomic E-state index is 0.189. The number of carbonyl (C=O) groups excluding carboxylic acids is 1. The predicted molar refractivity (Wildman–Crippen MR) is 81.0 cm³/mol. The Morgan fingerprint density at radius 2 is 1.95 bits per heavy atom. The van der Waals surface area contributed by atoms with Gasteiger partial charge in [-0.25, -0.2) is 0 Å². The first-order valence-electron chi connectivity index (χ1n) is 6.46. The predicted octanol–water partition coefficient (Wildman–Crippen LogP) is 3.41. The Kier molecular flexibility index (Phi) is 4.88. The van der Waals surface area contributed by atoms with Gasteiger partial charge in [0.05, 0.1) is 6.54 Å². The summed E-state index contributed by atoms with van der Waals surface area (Å²) in [7, 11) is 2.00.